The first-order chi connectivity index (χ1) is 8.86. The van der Waals surface area contributed by atoms with Gasteiger partial charge in [-0.05, 0) is 31.4 Å². The van der Waals surface area contributed by atoms with Gasteiger partial charge in [0.25, 0.3) is 0 Å². The number of rotatable bonds is 4. The summed E-state index contributed by atoms with van der Waals surface area (Å²) in [5.41, 5.74) is 8.43. The number of hydrogen-bond acceptors (Lipinski definition) is 3. The molecular weight excluding hydrogens is 242 g/mol. The van der Waals surface area contributed by atoms with Crippen molar-refractivity contribution in [3.05, 3.63) is 29.3 Å². The number of oxime groups is 1. The lowest BCUT2D eigenvalue weighted by Crippen LogP contribution is -2.38. The Morgan fingerprint density at radius 3 is 2.47 bits per heavy atom. The van der Waals surface area contributed by atoms with Crippen molar-refractivity contribution >= 4 is 17.4 Å². The van der Waals surface area contributed by atoms with Gasteiger partial charge >= 0.3 is 0 Å². The molecule has 0 aliphatic carbocycles. The maximum Gasteiger partial charge on any atom is 0.235 e. The monoisotopic (exact) mass is 263 g/mol. The van der Waals surface area contributed by atoms with Crippen molar-refractivity contribution < 1.29 is 10.0 Å². The molecule has 0 saturated carbocycles. The smallest absolute Gasteiger partial charge is 0.235 e. The molecule has 0 spiro atoms. The first kappa shape index (κ1) is 15.0. The van der Waals surface area contributed by atoms with Crippen LogP contribution in [0.3, 0.4) is 0 Å². The van der Waals surface area contributed by atoms with Crippen molar-refractivity contribution in [2.45, 2.75) is 27.7 Å². The fourth-order valence-electron chi connectivity index (χ4n) is 2.01. The third-order valence-electron chi connectivity index (χ3n) is 3.02. The van der Waals surface area contributed by atoms with Crippen LogP contribution in [0.25, 0.3) is 0 Å². The highest BCUT2D eigenvalue weighted by molar-refractivity contribution is 6.08. The summed E-state index contributed by atoms with van der Waals surface area (Å²) >= 11 is 0. The van der Waals surface area contributed by atoms with Gasteiger partial charge in [0, 0.05) is 5.69 Å². The Morgan fingerprint density at radius 1 is 1.37 bits per heavy atom. The summed E-state index contributed by atoms with van der Waals surface area (Å²) in [4.78, 5) is 12.2. The molecule has 0 heterocycles. The number of nitrogens with one attached hydrogen (secondary N) is 1. The molecule has 104 valence electrons. The third-order valence-corrected chi connectivity index (χ3v) is 3.02. The van der Waals surface area contributed by atoms with E-state index in [0.29, 0.717) is 0 Å². The van der Waals surface area contributed by atoms with Gasteiger partial charge in [-0.3, -0.25) is 4.79 Å². The molecule has 0 saturated heterocycles. The molecule has 1 aromatic carbocycles. The van der Waals surface area contributed by atoms with Crippen LogP contribution in [-0.4, -0.2) is 17.0 Å². The summed E-state index contributed by atoms with van der Waals surface area (Å²) in [6, 6.07) is 5.77. The molecule has 1 aromatic rings. The quantitative estimate of drug-likeness (QED) is 0.337. The summed E-state index contributed by atoms with van der Waals surface area (Å²) in [5, 5.41) is 14.5. The number of nitrogens with two attached hydrogens (primary N) is 1. The number of carbonyl (C=O) groups is 1. The van der Waals surface area contributed by atoms with Crippen molar-refractivity contribution in [3.63, 3.8) is 0 Å². The molecule has 0 aliphatic heterocycles. The third kappa shape index (κ3) is 3.71. The van der Waals surface area contributed by atoms with Gasteiger partial charge in [0.15, 0.2) is 5.84 Å². The normalized spacial score (nSPS) is 13.4. The maximum atomic E-state index is 12.2. The van der Waals surface area contributed by atoms with E-state index in [9.17, 15) is 4.79 Å². The lowest BCUT2D eigenvalue weighted by Gasteiger charge is -2.19. The van der Waals surface area contributed by atoms with E-state index < -0.39 is 5.92 Å². The molecule has 0 fully saturated rings. The highest BCUT2D eigenvalue weighted by atomic mass is 16.4. The number of amides is 1. The summed E-state index contributed by atoms with van der Waals surface area (Å²) in [6.45, 7) is 7.62. The van der Waals surface area contributed by atoms with E-state index in [0.717, 1.165) is 16.8 Å². The second kappa shape index (κ2) is 6.22. The van der Waals surface area contributed by atoms with Crippen LogP contribution >= 0.6 is 0 Å². The van der Waals surface area contributed by atoms with Crippen LogP contribution in [0.1, 0.15) is 25.0 Å². The molecule has 0 bridgehead atoms. The predicted molar refractivity (Wildman–Crippen MR) is 76.3 cm³/mol. The zero-order valence-electron chi connectivity index (χ0n) is 11.8. The van der Waals surface area contributed by atoms with Crippen molar-refractivity contribution in [1.29, 1.82) is 0 Å². The maximum absolute atomic E-state index is 12.2. The van der Waals surface area contributed by atoms with Crippen molar-refractivity contribution in [1.82, 2.24) is 0 Å². The molecule has 19 heavy (non-hydrogen) atoms. The molecular formula is C14H21N3O2. The number of anilines is 1. The molecule has 5 heteroatoms. The predicted octanol–water partition coefficient (Wildman–Crippen LogP) is 2.26. The zero-order valence-corrected chi connectivity index (χ0v) is 11.8. The van der Waals surface area contributed by atoms with Gasteiger partial charge in [0.2, 0.25) is 5.91 Å². The number of benzene rings is 1. The fourth-order valence-corrected chi connectivity index (χ4v) is 2.01. The van der Waals surface area contributed by atoms with Crippen LogP contribution in [0.2, 0.25) is 0 Å². The Kier molecular flexibility index (Phi) is 4.92. The summed E-state index contributed by atoms with van der Waals surface area (Å²) in [7, 11) is 0. The molecule has 0 aliphatic rings. The second-order valence-electron chi connectivity index (χ2n) is 5.05. The highest BCUT2D eigenvalue weighted by Gasteiger charge is 2.27. The van der Waals surface area contributed by atoms with E-state index >= 15 is 0 Å². The van der Waals surface area contributed by atoms with Gasteiger partial charge < -0.3 is 16.3 Å². The first-order valence-electron chi connectivity index (χ1n) is 6.22. The van der Waals surface area contributed by atoms with Gasteiger partial charge in [-0.25, -0.2) is 0 Å². The van der Waals surface area contributed by atoms with Crippen molar-refractivity contribution in [2.75, 3.05) is 5.32 Å². The van der Waals surface area contributed by atoms with E-state index in [4.69, 9.17) is 10.9 Å². The molecule has 1 unspecified atom stereocenters. The second-order valence-corrected chi connectivity index (χ2v) is 5.05. The lowest BCUT2D eigenvalue weighted by molar-refractivity contribution is -0.119. The minimum atomic E-state index is -0.647. The summed E-state index contributed by atoms with van der Waals surface area (Å²) < 4.78 is 0. The molecule has 4 N–H and O–H groups in total. The fraction of sp³-hybridized carbons (Fsp3) is 0.429. The Hall–Kier alpha value is -2.04. The number of aryl methyl sites for hydroxylation is 2. The van der Waals surface area contributed by atoms with Crippen LogP contribution in [0.4, 0.5) is 5.69 Å². The summed E-state index contributed by atoms with van der Waals surface area (Å²) in [6.07, 6.45) is 0. The Balaban J connectivity index is 2.94. The Bertz CT molecular complexity index is 495. The van der Waals surface area contributed by atoms with Crippen LogP contribution in [0.15, 0.2) is 23.4 Å². The van der Waals surface area contributed by atoms with E-state index in [1.807, 2.05) is 45.9 Å². The van der Waals surface area contributed by atoms with Crippen LogP contribution in [0, 0.1) is 25.7 Å². The average Bonchev–Trinajstić information content (AvgIpc) is 2.32. The van der Waals surface area contributed by atoms with E-state index in [-0.39, 0.29) is 17.7 Å². The lowest BCUT2D eigenvalue weighted by atomic mass is 9.93. The Labute approximate surface area is 113 Å². The number of nitrogens with zero attached hydrogens (tertiary/aromatic N) is 1. The number of carbonyl (C=O) groups excluding carboxylic acids is 1. The van der Waals surface area contributed by atoms with Crippen LogP contribution < -0.4 is 11.1 Å². The van der Waals surface area contributed by atoms with Crippen molar-refractivity contribution in [2.24, 2.45) is 22.7 Å². The number of hydrogen-bond donors (Lipinski definition) is 3. The highest BCUT2D eigenvalue weighted by Crippen LogP contribution is 2.19. The van der Waals surface area contributed by atoms with E-state index in [1.54, 1.807) is 0 Å². The minimum absolute atomic E-state index is 0.0540. The van der Waals surface area contributed by atoms with Crippen molar-refractivity contribution in [3.8, 4) is 0 Å². The zero-order chi connectivity index (χ0) is 14.6. The van der Waals surface area contributed by atoms with E-state index in [2.05, 4.69) is 10.5 Å². The Morgan fingerprint density at radius 2 is 2.00 bits per heavy atom. The average molecular weight is 263 g/mol. The van der Waals surface area contributed by atoms with Gasteiger partial charge in [0.1, 0.15) is 5.92 Å². The number of amidine groups is 1. The standard InChI is InChI=1S/C14H21N3O2/c1-8(2)12(13(15)17-19)14(18)16-11-6-5-9(3)7-10(11)4/h5-8,12,19H,1-4H3,(H2,15,17)(H,16,18). The molecule has 0 aromatic heterocycles. The topological polar surface area (TPSA) is 87.7 Å². The summed E-state index contributed by atoms with van der Waals surface area (Å²) in [5.74, 6) is -1.04. The SMILES string of the molecule is Cc1ccc(NC(=O)C(C(N)=NO)C(C)C)c(C)c1. The molecule has 1 amide bonds. The van der Waals surface area contributed by atoms with Crippen LogP contribution in [0.5, 0.6) is 0 Å². The molecule has 5 nitrogen and oxygen atoms in total. The van der Waals surface area contributed by atoms with Crippen LogP contribution in [-0.2, 0) is 4.79 Å². The minimum Gasteiger partial charge on any atom is -0.409 e. The van der Waals surface area contributed by atoms with Gasteiger partial charge in [-0.15, -0.1) is 0 Å². The van der Waals surface area contributed by atoms with Gasteiger partial charge in [-0.2, -0.15) is 0 Å². The molecule has 0 radical (unpaired) electrons. The first-order valence-corrected chi connectivity index (χ1v) is 6.22. The van der Waals surface area contributed by atoms with Gasteiger partial charge in [0.05, 0.1) is 0 Å². The largest absolute Gasteiger partial charge is 0.409 e. The van der Waals surface area contributed by atoms with Gasteiger partial charge in [-0.1, -0.05) is 36.7 Å². The molecule has 1 rings (SSSR count). The molecule has 1 atom stereocenters. The van der Waals surface area contributed by atoms with E-state index in [1.165, 1.54) is 0 Å².